The van der Waals surface area contributed by atoms with Crippen molar-refractivity contribution in [2.24, 2.45) is 0 Å². The van der Waals surface area contributed by atoms with Crippen LogP contribution in [0.25, 0.3) is 0 Å². The van der Waals surface area contributed by atoms with Gasteiger partial charge in [-0.15, -0.1) is 0 Å². The fraction of sp³-hybridized carbons (Fsp3) is 0.476. The third-order valence-corrected chi connectivity index (χ3v) is 5.43. The molecule has 4 rings (SSSR count). The number of aryl methyl sites for hydroxylation is 1. The summed E-state index contributed by atoms with van der Waals surface area (Å²) < 4.78 is 5.29. The van der Waals surface area contributed by atoms with Crippen LogP contribution < -0.4 is 5.32 Å². The number of carbonyl (C=O) groups excluding carboxylic acids is 2. The van der Waals surface area contributed by atoms with Crippen LogP contribution in [0.2, 0.25) is 0 Å². The van der Waals surface area contributed by atoms with Gasteiger partial charge in [-0.1, -0.05) is 30.3 Å². The number of hydrogen-bond donors (Lipinski definition) is 1. The van der Waals surface area contributed by atoms with E-state index in [0.717, 1.165) is 36.3 Å². The maximum absolute atomic E-state index is 12.6. The molecule has 7 heteroatoms. The van der Waals surface area contributed by atoms with Gasteiger partial charge in [0.05, 0.1) is 6.54 Å². The molecule has 2 amide bonds. The van der Waals surface area contributed by atoms with E-state index < -0.39 is 0 Å². The molecular weight excluding hydrogens is 356 g/mol. The molecule has 0 unspecified atom stereocenters. The summed E-state index contributed by atoms with van der Waals surface area (Å²) in [7, 11) is 0. The molecule has 7 nitrogen and oxygen atoms in total. The highest BCUT2D eigenvalue weighted by Crippen LogP contribution is 2.40. The Kier molecular flexibility index (Phi) is 5.43. The number of nitrogens with one attached hydrogen (secondary N) is 1. The zero-order chi connectivity index (χ0) is 19.5. The summed E-state index contributed by atoms with van der Waals surface area (Å²) in [4.78, 5) is 28.9. The Bertz CT molecular complexity index is 851. The van der Waals surface area contributed by atoms with Crippen LogP contribution in [0.3, 0.4) is 0 Å². The van der Waals surface area contributed by atoms with E-state index in [9.17, 15) is 9.59 Å². The van der Waals surface area contributed by atoms with E-state index in [2.05, 4.69) is 22.3 Å². The van der Waals surface area contributed by atoms with Gasteiger partial charge in [0.15, 0.2) is 5.69 Å². The molecule has 148 valence electrons. The summed E-state index contributed by atoms with van der Waals surface area (Å²) in [6.07, 6.45) is 3.11. The van der Waals surface area contributed by atoms with E-state index in [-0.39, 0.29) is 11.8 Å². The lowest BCUT2D eigenvalue weighted by Gasteiger charge is -2.33. The minimum Gasteiger partial charge on any atom is -0.360 e. The quantitative estimate of drug-likeness (QED) is 0.831. The first-order valence-corrected chi connectivity index (χ1v) is 10.00. The van der Waals surface area contributed by atoms with Crippen molar-refractivity contribution >= 4 is 17.5 Å². The molecule has 1 N–H and O–H groups in total. The largest absolute Gasteiger partial charge is 0.360 e. The second-order valence-electron chi connectivity index (χ2n) is 7.52. The molecule has 0 spiro atoms. The number of amides is 2. The minimum absolute atomic E-state index is 0.0220. The van der Waals surface area contributed by atoms with E-state index in [0.29, 0.717) is 44.3 Å². The topological polar surface area (TPSA) is 78.7 Å². The van der Waals surface area contributed by atoms with Crippen molar-refractivity contribution in [1.82, 2.24) is 15.0 Å². The number of hydrogen-bond acceptors (Lipinski definition) is 5. The van der Waals surface area contributed by atoms with Crippen LogP contribution in [0.15, 0.2) is 34.9 Å². The summed E-state index contributed by atoms with van der Waals surface area (Å²) in [5, 5.41) is 6.94. The van der Waals surface area contributed by atoms with Gasteiger partial charge in [-0.3, -0.25) is 14.5 Å². The summed E-state index contributed by atoms with van der Waals surface area (Å²) in [6, 6.07) is 9.65. The minimum atomic E-state index is -0.0865. The fourth-order valence-electron chi connectivity index (χ4n) is 3.56. The van der Waals surface area contributed by atoms with Gasteiger partial charge in [-0.25, -0.2) is 0 Å². The van der Waals surface area contributed by atoms with Gasteiger partial charge in [0.1, 0.15) is 5.76 Å². The lowest BCUT2D eigenvalue weighted by atomic mass is 10.1. The van der Waals surface area contributed by atoms with E-state index in [4.69, 9.17) is 4.52 Å². The normalized spacial score (nSPS) is 17.5. The summed E-state index contributed by atoms with van der Waals surface area (Å²) in [5.41, 5.74) is 2.40. The number of nitrogens with zero attached hydrogens (tertiary/aromatic N) is 3. The third-order valence-electron chi connectivity index (χ3n) is 5.43. The molecule has 1 saturated heterocycles. The van der Waals surface area contributed by atoms with Gasteiger partial charge in [-0.05, 0) is 30.9 Å². The van der Waals surface area contributed by atoms with Gasteiger partial charge in [0.2, 0.25) is 5.91 Å². The van der Waals surface area contributed by atoms with Crippen molar-refractivity contribution in [1.29, 1.82) is 0 Å². The van der Waals surface area contributed by atoms with Crippen LogP contribution in [-0.4, -0.2) is 59.5 Å². The van der Waals surface area contributed by atoms with Gasteiger partial charge >= 0.3 is 0 Å². The molecule has 1 aliphatic heterocycles. The highest BCUT2D eigenvalue weighted by Gasteiger charge is 2.30. The Labute approximate surface area is 164 Å². The highest BCUT2D eigenvalue weighted by molar-refractivity contribution is 5.93. The number of para-hydroxylation sites is 1. The maximum atomic E-state index is 12.6. The van der Waals surface area contributed by atoms with Gasteiger partial charge in [-0.2, -0.15) is 0 Å². The lowest BCUT2D eigenvalue weighted by molar-refractivity contribution is -0.117. The Morgan fingerprint density at radius 1 is 1.18 bits per heavy atom. The highest BCUT2D eigenvalue weighted by atomic mass is 16.5. The SMILES string of the molecule is CCc1ccccc1NC(=O)CN1CCN(C(=O)c2cc(C3CC3)on2)CC1. The molecule has 0 atom stereocenters. The average molecular weight is 382 g/mol. The van der Waals surface area contributed by atoms with E-state index >= 15 is 0 Å². The molecule has 1 aromatic carbocycles. The van der Waals surface area contributed by atoms with Crippen molar-refractivity contribution in [2.45, 2.75) is 32.1 Å². The second kappa shape index (κ2) is 8.14. The molecule has 2 fully saturated rings. The molecule has 0 radical (unpaired) electrons. The third kappa shape index (κ3) is 4.25. The van der Waals surface area contributed by atoms with Crippen LogP contribution in [0, 0.1) is 0 Å². The smallest absolute Gasteiger partial charge is 0.276 e. The predicted octanol–water partition coefficient (Wildman–Crippen LogP) is 2.51. The van der Waals surface area contributed by atoms with Crippen LogP contribution in [0.5, 0.6) is 0 Å². The number of piperazine rings is 1. The summed E-state index contributed by atoms with van der Waals surface area (Å²) >= 11 is 0. The first-order chi connectivity index (χ1) is 13.6. The zero-order valence-corrected chi connectivity index (χ0v) is 16.2. The van der Waals surface area contributed by atoms with Crippen LogP contribution in [0.1, 0.15) is 47.5 Å². The van der Waals surface area contributed by atoms with Crippen LogP contribution in [-0.2, 0) is 11.2 Å². The Balaban J connectivity index is 1.26. The molecule has 28 heavy (non-hydrogen) atoms. The number of anilines is 1. The molecule has 2 aliphatic rings. The zero-order valence-electron chi connectivity index (χ0n) is 16.2. The Morgan fingerprint density at radius 2 is 1.93 bits per heavy atom. The first-order valence-electron chi connectivity index (χ1n) is 10.00. The Hall–Kier alpha value is -2.67. The van der Waals surface area contributed by atoms with E-state index in [1.54, 1.807) is 11.0 Å². The Morgan fingerprint density at radius 3 is 2.64 bits per heavy atom. The van der Waals surface area contributed by atoms with Crippen molar-refractivity contribution in [3.63, 3.8) is 0 Å². The molecule has 1 saturated carbocycles. The summed E-state index contributed by atoms with van der Waals surface area (Å²) in [5.74, 6) is 1.16. The molecule has 0 bridgehead atoms. The van der Waals surface area contributed by atoms with E-state index in [1.165, 1.54) is 0 Å². The molecule has 2 aromatic rings. The molecule has 2 heterocycles. The second-order valence-corrected chi connectivity index (χ2v) is 7.52. The number of benzene rings is 1. The monoisotopic (exact) mass is 382 g/mol. The number of carbonyl (C=O) groups is 2. The van der Waals surface area contributed by atoms with Crippen molar-refractivity contribution in [3.8, 4) is 0 Å². The molecule has 1 aliphatic carbocycles. The molecular formula is C21H26N4O3. The van der Waals surface area contributed by atoms with Crippen molar-refractivity contribution in [2.75, 3.05) is 38.0 Å². The standard InChI is InChI=1S/C21H26N4O3/c1-2-15-5-3-4-6-17(15)22-20(26)14-24-9-11-25(12-10-24)21(27)18-13-19(28-23-18)16-7-8-16/h3-6,13,16H,2,7-12,14H2,1H3,(H,22,26). The van der Waals surface area contributed by atoms with E-state index in [1.807, 2.05) is 24.3 Å². The van der Waals surface area contributed by atoms with Gasteiger partial charge in [0.25, 0.3) is 5.91 Å². The van der Waals surface area contributed by atoms with Crippen LogP contribution in [0.4, 0.5) is 5.69 Å². The summed E-state index contributed by atoms with van der Waals surface area (Å²) in [6.45, 7) is 4.91. The number of rotatable bonds is 6. The fourth-order valence-corrected chi connectivity index (χ4v) is 3.56. The first kappa shape index (κ1) is 18.7. The van der Waals surface area contributed by atoms with Gasteiger partial charge < -0.3 is 14.7 Å². The predicted molar refractivity (Wildman–Crippen MR) is 105 cm³/mol. The van der Waals surface area contributed by atoms with Crippen LogP contribution >= 0.6 is 0 Å². The van der Waals surface area contributed by atoms with Crippen molar-refractivity contribution in [3.05, 3.63) is 47.3 Å². The lowest BCUT2D eigenvalue weighted by Crippen LogP contribution is -2.50. The number of aromatic nitrogens is 1. The van der Waals surface area contributed by atoms with Gasteiger partial charge in [0, 0.05) is 43.9 Å². The molecule has 1 aromatic heterocycles. The maximum Gasteiger partial charge on any atom is 0.276 e. The van der Waals surface area contributed by atoms with Crippen molar-refractivity contribution < 1.29 is 14.1 Å². The average Bonchev–Trinajstić information content (AvgIpc) is 3.45.